The van der Waals surface area contributed by atoms with Crippen LogP contribution < -0.4 is 0 Å². The first-order valence-electron chi connectivity index (χ1n) is 11.5. The zero-order valence-corrected chi connectivity index (χ0v) is 21.5. The minimum atomic E-state index is -5.05. The molecular weight excluding hydrogens is 518 g/mol. The Hall–Kier alpha value is -2.29. The van der Waals surface area contributed by atoms with Gasteiger partial charge in [0.1, 0.15) is 0 Å². The van der Waals surface area contributed by atoms with Gasteiger partial charge in [-0.25, -0.2) is 0 Å². The summed E-state index contributed by atoms with van der Waals surface area (Å²) in [5.74, 6) is -2.64. The Labute approximate surface area is 217 Å². The standard InChI is InChI=1S/C26H28Cl2F3NO4/c1-4-20(25(3,36)26(29,30)31)32-22(15-8-10-17(27)11-9-15)19(16-6-5-7-18(28)12-16)13-24(2,23(32)35)14-21(33)34/h5-12,19-20,22,36H,4,13-14H2,1-3H3,(H,33,34)/t19-,20?,22?,24-,25?/m1/s1. The third-order valence-electron chi connectivity index (χ3n) is 7.08. The summed E-state index contributed by atoms with van der Waals surface area (Å²) in [6, 6.07) is 10.5. The van der Waals surface area contributed by atoms with E-state index >= 15 is 0 Å². The summed E-state index contributed by atoms with van der Waals surface area (Å²) in [7, 11) is 0. The second-order valence-corrected chi connectivity index (χ2v) is 10.6. The first kappa shape index (κ1) is 28.3. The summed E-state index contributed by atoms with van der Waals surface area (Å²) in [6.45, 7) is 3.54. The van der Waals surface area contributed by atoms with Crippen LogP contribution in [0.4, 0.5) is 13.2 Å². The molecule has 0 aromatic heterocycles. The number of carboxylic acid groups (broad SMARTS) is 1. The number of carbonyl (C=O) groups excluding carboxylic acids is 1. The molecule has 2 N–H and O–H groups in total. The number of amides is 1. The number of likely N-dealkylation sites (tertiary alicyclic amines) is 1. The molecule has 1 heterocycles. The molecule has 1 aliphatic rings. The Morgan fingerprint density at radius 2 is 1.75 bits per heavy atom. The van der Waals surface area contributed by atoms with Gasteiger partial charge in [0.15, 0.2) is 5.60 Å². The summed E-state index contributed by atoms with van der Waals surface area (Å²) in [5.41, 5.74) is -3.65. The third kappa shape index (κ3) is 5.36. The number of carboxylic acids is 1. The Bertz CT molecular complexity index is 1120. The quantitative estimate of drug-likeness (QED) is 0.409. The van der Waals surface area contributed by atoms with E-state index in [2.05, 4.69) is 0 Å². The number of nitrogens with zero attached hydrogens (tertiary/aromatic N) is 1. The van der Waals surface area contributed by atoms with E-state index in [9.17, 15) is 33.0 Å². The maximum atomic E-state index is 14.1. The minimum Gasteiger partial charge on any atom is -0.481 e. The van der Waals surface area contributed by atoms with Gasteiger partial charge in [-0.2, -0.15) is 13.2 Å². The average Bonchev–Trinajstić information content (AvgIpc) is 2.76. The van der Waals surface area contributed by atoms with Crippen LogP contribution in [-0.4, -0.2) is 44.8 Å². The van der Waals surface area contributed by atoms with E-state index in [4.69, 9.17) is 23.2 Å². The van der Waals surface area contributed by atoms with E-state index < -0.39 is 53.5 Å². The molecule has 1 fully saturated rings. The van der Waals surface area contributed by atoms with Gasteiger partial charge in [-0.3, -0.25) is 9.59 Å². The molecule has 1 aliphatic heterocycles. The van der Waals surface area contributed by atoms with Crippen LogP contribution in [0.3, 0.4) is 0 Å². The highest BCUT2D eigenvalue weighted by atomic mass is 35.5. The number of rotatable bonds is 7. The lowest BCUT2D eigenvalue weighted by Gasteiger charge is -2.54. The van der Waals surface area contributed by atoms with Gasteiger partial charge >= 0.3 is 12.1 Å². The number of benzene rings is 2. The highest BCUT2D eigenvalue weighted by molar-refractivity contribution is 6.30. The maximum absolute atomic E-state index is 14.1. The predicted octanol–water partition coefficient (Wildman–Crippen LogP) is 6.62. The highest BCUT2D eigenvalue weighted by Gasteiger charge is 2.61. The molecule has 3 rings (SSSR count). The van der Waals surface area contributed by atoms with Crippen LogP contribution in [0.25, 0.3) is 0 Å². The van der Waals surface area contributed by atoms with Crippen molar-refractivity contribution in [2.75, 3.05) is 0 Å². The first-order valence-corrected chi connectivity index (χ1v) is 12.2. The van der Waals surface area contributed by atoms with Crippen LogP contribution in [-0.2, 0) is 9.59 Å². The van der Waals surface area contributed by atoms with E-state index in [0.717, 1.165) is 4.90 Å². The zero-order chi connectivity index (χ0) is 27.1. The van der Waals surface area contributed by atoms with Gasteiger partial charge in [0.2, 0.25) is 5.91 Å². The van der Waals surface area contributed by atoms with Crippen molar-refractivity contribution < 1.29 is 33.0 Å². The van der Waals surface area contributed by atoms with E-state index in [0.29, 0.717) is 28.1 Å². The molecule has 2 aromatic carbocycles. The number of aliphatic carboxylic acids is 1. The second-order valence-electron chi connectivity index (χ2n) is 9.77. The van der Waals surface area contributed by atoms with Gasteiger partial charge < -0.3 is 15.1 Å². The fourth-order valence-corrected chi connectivity index (χ4v) is 5.60. The molecule has 0 bridgehead atoms. The number of carbonyl (C=O) groups is 2. The van der Waals surface area contributed by atoms with Gasteiger partial charge in [0.05, 0.1) is 23.9 Å². The van der Waals surface area contributed by atoms with E-state index in [1.54, 1.807) is 48.5 Å². The molecule has 0 aliphatic carbocycles. The average molecular weight is 546 g/mol. The molecule has 0 saturated carbocycles. The first-order chi connectivity index (χ1) is 16.6. The summed E-state index contributed by atoms with van der Waals surface area (Å²) in [6.07, 6.45) is -5.82. The molecule has 5 nitrogen and oxygen atoms in total. The van der Waals surface area contributed by atoms with Gasteiger partial charge in [-0.05, 0) is 55.2 Å². The van der Waals surface area contributed by atoms with Crippen LogP contribution >= 0.6 is 23.2 Å². The number of halogens is 5. The smallest absolute Gasteiger partial charge is 0.418 e. The molecule has 196 valence electrons. The zero-order valence-electron chi connectivity index (χ0n) is 20.0. The van der Waals surface area contributed by atoms with E-state index in [1.165, 1.54) is 13.8 Å². The molecule has 0 spiro atoms. The molecule has 2 aromatic rings. The number of hydrogen-bond donors (Lipinski definition) is 2. The lowest BCUT2D eigenvalue weighted by molar-refractivity contribution is -0.277. The van der Waals surface area contributed by atoms with E-state index in [-0.39, 0.29) is 12.8 Å². The Balaban J connectivity index is 2.33. The maximum Gasteiger partial charge on any atom is 0.418 e. The Morgan fingerprint density at radius 1 is 1.14 bits per heavy atom. The number of hydrogen-bond acceptors (Lipinski definition) is 3. The van der Waals surface area contributed by atoms with Crippen molar-refractivity contribution in [3.63, 3.8) is 0 Å². The predicted molar refractivity (Wildman–Crippen MR) is 131 cm³/mol. The highest BCUT2D eigenvalue weighted by Crippen LogP contribution is 2.54. The lowest BCUT2D eigenvalue weighted by atomic mass is 9.66. The number of piperidine rings is 1. The van der Waals surface area contributed by atoms with Crippen LogP contribution in [0.2, 0.25) is 10.0 Å². The van der Waals surface area contributed by atoms with Crippen molar-refractivity contribution in [1.82, 2.24) is 4.90 Å². The van der Waals surface area contributed by atoms with Crippen molar-refractivity contribution in [2.45, 2.75) is 69.8 Å². The van der Waals surface area contributed by atoms with Gasteiger partial charge in [-0.1, -0.05) is 61.3 Å². The van der Waals surface area contributed by atoms with Crippen molar-refractivity contribution in [3.8, 4) is 0 Å². The molecule has 36 heavy (non-hydrogen) atoms. The van der Waals surface area contributed by atoms with Crippen LogP contribution in [0, 0.1) is 5.41 Å². The summed E-state index contributed by atoms with van der Waals surface area (Å²) in [5, 5.41) is 21.2. The SMILES string of the molecule is CCC(N1C(=O)[C@@](C)(CC(=O)O)C[C@H](c2cccc(Cl)c2)C1c1ccc(Cl)cc1)C(C)(O)C(F)(F)F. The fraction of sp³-hybridized carbons (Fsp3) is 0.462. The van der Waals surface area contributed by atoms with Gasteiger partial charge in [0.25, 0.3) is 0 Å². The third-order valence-corrected chi connectivity index (χ3v) is 7.56. The summed E-state index contributed by atoms with van der Waals surface area (Å²) >= 11 is 12.3. The topological polar surface area (TPSA) is 77.8 Å². The molecule has 5 atom stereocenters. The lowest BCUT2D eigenvalue weighted by Crippen LogP contribution is -2.65. The van der Waals surface area contributed by atoms with Gasteiger partial charge in [0, 0.05) is 16.0 Å². The molecule has 0 radical (unpaired) electrons. The number of aliphatic hydroxyl groups is 1. The van der Waals surface area contributed by atoms with Crippen molar-refractivity contribution in [2.24, 2.45) is 5.41 Å². The van der Waals surface area contributed by atoms with Crippen LogP contribution in [0.5, 0.6) is 0 Å². The van der Waals surface area contributed by atoms with Crippen molar-refractivity contribution in [3.05, 3.63) is 69.7 Å². The monoisotopic (exact) mass is 545 g/mol. The molecular formula is C26H28Cl2F3NO4. The normalized spacial score (nSPS) is 25.4. The Morgan fingerprint density at radius 3 is 2.25 bits per heavy atom. The fourth-order valence-electron chi connectivity index (χ4n) is 5.28. The summed E-state index contributed by atoms with van der Waals surface area (Å²) < 4.78 is 42.3. The van der Waals surface area contributed by atoms with Gasteiger partial charge in [-0.15, -0.1) is 0 Å². The van der Waals surface area contributed by atoms with Crippen LogP contribution in [0.1, 0.15) is 63.1 Å². The van der Waals surface area contributed by atoms with E-state index in [1.807, 2.05) is 0 Å². The van der Waals surface area contributed by atoms with Crippen LogP contribution in [0.15, 0.2) is 48.5 Å². The Kier molecular flexibility index (Phi) is 8.04. The molecule has 10 heteroatoms. The molecule has 1 saturated heterocycles. The molecule has 3 unspecified atom stereocenters. The largest absolute Gasteiger partial charge is 0.481 e. The van der Waals surface area contributed by atoms with Crippen molar-refractivity contribution in [1.29, 1.82) is 0 Å². The minimum absolute atomic E-state index is 0.0485. The number of alkyl halides is 3. The van der Waals surface area contributed by atoms with Crippen molar-refractivity contribution >= 4 is 35.1 Å². The summed E-state index contributed by atoms with van der Waals surface area (Å²) in [4.78, 5) is 26.8. The molecule has 1 amide bonds. The second kappa shape index (κ2) is 10.2.